The van der Waals surface area contributed by atoms with E-state index >= 15 is 0 Å². The quantitative estimate of drug-likeness (QED) is 0.300. The largest absolute Gasteiger partial charge is 0.461 e. The van der Waals surface area contributed by atoms with Crippen LogP contribution < -0.4 is 0 Å². The lowest BCUT2D eigenvalue weighted by Gasteiger charge is -2.63. The Balaban J connectivity index is 1.76. The molecule has 2 bridgehead atoms. The summed E-state index contributed by atoms with van der Waals surface area (Å²) in [6, 6.07) is 16.7. The first kappa shape index (κ1) is 33.1. The first-order chi connectivity index (χ1) is 21.7. The van der Waals surface area contributed by atoms with Gasteiger partial charge in [-0.3, -0.25) is 14.4 Å². The molecule has 1 aliphatic heterocycles. The highest BCUT2D eigenvalue weighted by atomic mass is 16.6. The zero-order chi connectivity index (χ0) is 33.4. The smallest absolute Gasteiger partial charge is 0.338 e. The van der Waals surface area contributed by atoms with Gasteiger partial charge in [0, 0.05) is 26.7 Å². The average Bonchev–Trinajstić information content (AvgIpc) is 3.16. The summed E-state index contributed by atoms with van der Waals surface area (Å²) in [7, 11) is 0. The maximum atomic E-state index is 13.8. The van der Waals surface area contributed by atoms with Gasteiger partial charge in [0.25, 0.3) is 0 Å². The Morgan fingerprint density at radius 2 is 1.24 bits per heavy atom. The van der Waals surface area contributed by atoms with Crippen LogP contribution in [-0.2, 0) is 42.8 Å². The van der Waals surface area contributed by atoms with Crippen molar-refractivity contribution in [1.29, 1.82) is 0 Å². The topological polar surface area (TPSA) is 141 Å². The van der Waals surface area contributed by atoms with Crippen LogP contribution in [0.1, 0.15) is 75.1 Å². The molecule has 1 saturated heterocycles. The van der Waals surface area contributed by atoms with Crippen molar-refractivity contribution in [2.45, 2.75) is 90.0 Å². The van der Waals surface area contributed by atoms with Crippen molar-refractivity contribution in [2.24, 2.45) is 17.3 Å². The molecule has 11 nitrogen and oxygen atoms in total. The zero-order valence-electron chi connectivity index (χ0n) is 26.8. The molecule has 2 aliphatic carbocycles. The number of rotatable bonds is 8. The molecule has 3 aliphatic rings. The summed E-state index contributed by atoms with van der Waals surface area (Å²) in [6.45, 7) is 8.81. The Morgan fingerprint density at radius 1 is 0.717 bits per heavy atom. The Morgan fingerprint density at radius 3 is 1.78 bits per heavy atom. The van der Waals surface area contributed by atoms with Crippen LogP contribution in [0.25, 0.3) is 0 Å². The van der Waals surface area contributed by atoms with Gasteiger partial charge in [-0.2, -0.15) is 0 Å². The first-order valence-electron chi connectivity index (χ1n) is 15.4. The van der Waals surface area contributed by atoms with Crippen molar-refractivity contribution < 1.29 is 52.4 Å². The fraction of sp³-hybridized carbons (Fsp3) is 0.514. The summed E-state index contributed by atoms with van der Waals surface area (Å²) < 4.78 is 37.3. The molecule has 0 radical (unpaired) electrons. The number of hydrogen-bond donors (Lipinski definition) is 0. The van der Waals surface area contributed by atoms with Gasteiger partial charge in [-0.1, -0.05) is 43.3 Å². The molecule has 11 heteroatoms. The van der Waals surface area contributed by atoms with Crippen molar-refractivity contribution in [1.82, 2.24) is 0 Å². The standard InChI is InChI=1S/C35H40O11/c1-20-17-27(42-21(2)36)30(44-23(4)38)34(19-41-31(39)24-13-9-7-10-14-24)28(45-32(40)25-15-11-8-12-16-25)18-26-29(43-22(3)37)35(20,34)46-33(26,5)6/h7-16,20,26-30H,17-19H2,1-6H3/t20-,26-,27+,28+,29-,30+,34-,35-/m1/s1. The third-order valence-electron chi connectivity index (χ3n) is 9.66. The fourth-order valence-corrected chi connectivity index (χ4v) is 8.00. The number of benzene rings is 2. The molecule has 8 atom stereocenters. The highest BCUT2D eigenvalue weighted by Crippen LogP contribution is 2.68. The maximum absolute atomic E-state index is 13.8. The number of fused-ring (bicyclic) bond motifs is 1. The zero-order valence-corrected chi connectivity index (χ0v) is 26.8. The number of ether oxygens (including phenoxy) is 6. The lowest BCUT2D eigenvalue weighted by Crippen LogP contribution is -2.78. The van der Waals surface area contributed by atoms with E-state index in [0.717, 1.165) is 0 Å². The summed E-state index contributed by atoms with van der Waals surface area (Å²) in [6.07, 6.45) is -4.19. The molecular formula is C35H40O11. The molecule has 2 saturated carbocycles. The second-order valence-electron chi connectivity index (χ2n) is 12.9. The summed E-state index contributed by atoms with van der Waals surface area (Å²) in [5.74, 6) is -4.29. The molecule has 46 heavy (non-hydrogen) atoms. The number of hydrogen-bond acceptors (Lipinski definition) is 11. The van der Waals surface area contributed by atoms with E-state index in [9.17, 15) is 24.0 Å². The van der Waals surface area contributed by atoms with Crippen molar-refractivity contribution in [2.75, 3.05) is 6.61 Å². The molecule has 2 aromatic carbocycles. The van der Waals surface area contributed by atoms with Crippen LogP contribution in [0.2, 0.25) is 0 Å². The van der Waals surface area contributed by atoms with Crippen LogP contribution in [-0.4, -0.2) is 72.1 Å². The molecule has 3 fully saturated rings. The minimum Gasteiger partial charge on any atom is -0.461 e. The normalized spacial score (nSPS) is 32.3. The lowest BCUT2D eigenvalue weighted by molar-refractivity contribution is -0.318. The Kier molecular flexibility index (Phi) is 9.01. The van der Waals surface area contributed by atoms with Gasteiger partial charge in [-0.25, -0.2) is 9.59 Å². The predicted molar refractivity (Wildman–Crippen MR) is 161 cm³/mol. The Hall–Kier alpha value is -4.25. The summed E-state index contributed by atoms with van der Waals surface area (Å²) in [5.41, 5.74) is -3.65. The van der Waals surface area contributed by atoms with E-state index in [0.29, 0.717) is 0 Å². The average molecular weight is 637 g/mol. The molecule has 0 amide bonds. The summed E-state index contributed by atoms with van der Waals surface area (Å²) >= 11 is 0. The highest BCUT2D eigenvalue weighted by molar-refractivity contribution is 5.90. The monoisotopic (exact) mass is 636 g/mol. The van der Waals surface area contributed by atoms with Gasteiger partial charge in [-0.05, 0) is 56.9 Å². The van der Waals surface area contributed by atoms with E-state index in [1.807, 2.05) is 20.8 Å². The SMILES string of the molecule is CC(=O)O[C@H]1C[C@@H](C)[C@]23OC(C)(C)[C@H](C[C@H](OC(=O)c4ccccc4)[C@]2(COC(=O)c2ccccc2)[C@H]1OC(C)=O)[C@H]3OC(C)=O. The molecule has 5 rings (SSSR count). The van der Waals surface area contributed by atoms with Crippen LogP contribution in [0.3, 0.4) is 0 Å². The number of carbonyl (C=O) groups excluding carboxylic acids is 5. The van der Waals surface area contributed by atoms with E-state index < -0.39 is 89.3 Å². The molecule has 2 aromatic rings. The van der Waals surface area contributed by atoms with E-state index in [4.69, 9.17) is 28.4 Å². The third-order valence-corrected chi connectivity index (χ3v) is 9.66. The van der Waals surface area contributed by atoms with Crippen molar-refractivity contribution in [3.05, 3.63) is 71.8 Å². The van der Waals surface area contributed by atoms with Gasteiger partial charge in [-0.15, -0.1) is 0 Å². The van der Waals surface area contributed by atoms with Crippen LogP contribution in [0.15, 0.2) is 60.7 Å². The molecular weight excluding hydrogens is 596 g/mol. The molecule has 0 N–H and O–H groups in total. The Labute approximate surface area is 267 Å². The summed E-state index contributed by atoms with van der Waals surface area (Å²) in [4.78, 5) is 65.2. The van der Waals surface area contributed by atoms with Crippen molar-refractivity contribution in [3.63, 3.8) is 0 Å². The third kappa shape index (κ3) is 5.65. The minimum atomic E-state index is -1.71. The number of esters is 5. The van der Waals surface area contributed by atoms with Crippen LogP contribution in [0, 0.1) is 17.3 Å². The lowest BCUT2D eigenvalue weighted by atomic mass is 9.47. The van der Waals surface area contributed by atoms with E-state index in [1.165, 1.54) is 20.8 Å². The van der Waals surface area contributed by atoms with Crippen LogP contribution in [0.5, 0.6) is 0 Å². The van der Waals surface area contributed by atoms with Gasteiger partial charge in [0.15, 0.2) is 6.10 Å². The molecule has 1 heterocycles. The highest BCUT2D eigenvalue weighted by Gasteiger charge is 2.82. The van der Waals surface area contributed by atoms with Gasteiger partial charge < -0.3 is 28.4 Å². The number of carbonyl (C=O) groups is 5. The van der Waals surface area contributed by atoms with E-state index in [-0.39, 0.29) is 24.0 Å². The molecule has 0 unspecified atom stereocenters. The molecule has 1 spiro atoms. The Bertz CT molecular complexity index is 1490. The van der Waals surface area contributed by atoms with Gasteiger partial charge >= 0.3 is 29.8 Å². The molecule has 246 valence electrons. The first-order valence-corrected chi connectivity index (χ1v) is 15.4. The fourth-order valence-electron chi connectivity index (χ4n) is 8.00. The predicted octanol–water partition coefficient (Wildman–Crippen LogP) is 4.46. The van der Waals surface area contributed by atoms with Crippen LogP contribution in [0.4, 0.5) is 0 Å². The van der Waals surface area contributed by atoms with E-state index in [1.54, 1.807) is 60.7 Å². The van der Waals surface area contributed by atoms with Crippen molar-refractivity contribution in [3.8, 4) is 0 Å². The maximum Gasteiger partial charge on any atom is 0.338 e. The summed E-state index contributed by atoms with van der Waals surface area (Å²) in [5, 5.41) is 0. The minimum absolute atomic E-state index is 0.0887. The van der Waals surface area contributed by atoms with Crippen LogP contribution >= 0.6 is 0 Å². The van der Waals surface area contributed by atoms with Gasteiger partial charge in [0.05, 0.1) is 16.7 Å². The second kappa shape index (κ2) is 12.5. The van der Waals surface area contributed by atoms with Gasteiger partial charge in [0.1, 0.15) is 35.9 Å². The van der Waals surface area contributed by atoms with Gasteiger partial charge in [0.2, 0.25) is 0 Å². The molecule has 0 aromatic heterocycles. The van der Waals surface area contributed by atoms with Crippen molar-refractivity contribution >= 4 is 29.8 Å². The van der Waals surface area contributed by atoms with E-state index in [2.05, 4.69) is 0 Å². The second-order valence-corrected chi connectivity index (χ2v) is 12.9.